The van der Waals surface area contributed by atoms with Gasteiger partial charge in [-0.2, -0.15) is 0 Å². The summed E-state index contributed by atoms with van der Waals surface area (Å²) in [5.74, 6) is 0.974. The zero-order valence-corrected chi connectivity index (χ0v) is 16.9. The predicted molar refractivity (Wildman–Crippen MR) is 98.0 cm³/mol. The fourth-order valence-electron chi connectivity index (χ4n) is 5.00. The van der Waals surface area contributed by atoms with Gasteiger partial charge in [-0.05, 0) is 49.7 Å². The standard InChI is InChI=1S/C20H34O2Si/c1-7-8-10-15-13-19(22-23(5,6)18(2,3)4)14-17(21)20(19)12-9-11-16(15)20/h13,16H,7-12,14H2,1-6H3/t16-,19-,20-/m1/s1. The highest BCUT2D eigenvalue weighted by Gasteiger charge is 2.74. The highest BCUT2D eigenvalue weighted by molar-refractivity contribution is 6.74. The zero-order valence-electron chi connectivity index (χ0n) is 15.9. The number of Topliss-reactive ketones (excluding diaryl/α,β-unsaturated/α-hetero) is 1. The largest absolute Gasteiger partial charge is 0.406 e. The number of ketones is 1. The molecule has 3 atom stereocenters. The first-order chi connectivity index (χ1) is 10.6. The van der Waals surface area contributed by atoms with E-state index in [9.17, 15) is 4.79 Å². The van der Waals surface area contributed by atoms with Crippen LogP contribution in [0, 0.1) is 11.3 Å². The average Bonchev–Trinajstić information content (AvgIpc) is 2.95. The van der Waals surface area contributed by atoms with Gasteiger partial charge in [-0.3, -0.25) is 4.79 Å². The fraction of sp³-hybridized carbons (Fsp3) is 0.850. The summed E-state index contributed by atoms with van der Waals surface area (Å²) in [4.78, 5) is 12.8. The van der Waals surface area contributed by atoms with Gasteiger partial charge in [0.25, 0.3) is 0 Å². The number of carbonyl (C=O) groups excluding carboxylic acids is 1. The molecule has 3 heteroatoms. The minimum Gasteiger partial charge on any atom is -0.406 e. The summed E-state index contributed by atoms with van der Waals surface area (Å²) in [6, 6.07) is 0. The van der Waals surface area contributed by atoms with Crippen molar-refractivity contribution in [3.05, 3.63) is 11.6 Å². The van der Waals surface area contributed by atoms with Gasteiger partial charge in [0.15, 0.2) is 8.32 Å². The molecule has 0 amide bonds. The number of hydrogen-bond donors (Lipinski definition) is 0. The van der Waals surface area contributed by atoms with Crippen LogP contribution in [-0.4, -0.2) is 19.7 Å². The third kappa shape index (κ3) is 2.26. The first kappa shape index (κ1) is 17.4. The van der Waals surface area contributed by atoms with Gasteiger partial charge in [0.2, 0.25) is 0 Å². The van der Waals surface area contributed by atoms with Crippen LogP contribution < -0.4 is 0 Å². The molecule has 1 spiro atoms. The molecule has 0 saturated heterocycles. The molecule has 2 nitrogen and oxygen atoms in total. The summed E-state index contributed by atoms with van der Waals surface area (Å²) >= 11 is 0. The van der Waals surface area contributed by atoms with Gasteiger partial charge in [-0.25, -0.2) is 0 Å². The molecule has 0 unspecified atom stereocenters. The predicted octanol–water partition coefficient (Wildman–Crippen LogP) is 5.64. The molecule has 0 N–H and O–H groups in total. The van der Waals surface area contributed by atoms with Gasteiger partial charge >= 0.3 is 0 Å². The van der Waals surface area contributed by atoms with Gasteiger partial charge in [0, 0.05) is 6.42 Å². The lowest BCUT2D eigenvalue weighted by molar-refractivity contribution is -0.168. The van der Waals surface area contributed by atoms with Gasteiger partial charge in [-0.1, -0.05) is 52.2 Å². The summed E-state index contributed by atoms with van der Waals surface area (Å²) in [6.45, 7) is 13.8. The highest BCUT2D eigenvalue weighted by Crippen LogP contribution is 2.69. The van der Waals surface area contributed by atoms with Crippen LogP contribution in [0.2, 0.25) is 18.1 Å². The molecular formula is C20H34O2Si. The molecule has 2 saturated carbocycles. The van der Waals surface area contributed by atoms with Crippen molar-refractivity contribution in [3.8, 4) is 0 Å². The summed E-state index contributed by atoms with van der Waals surface area (Å²) in [6.07, 6.45) is 10.1. The molecule has 0 aromatic heterocycles. The quantitative estimate of drug-likeness (QED) is 0.480. The lowest BCUT2D eigenvalue weighted by Gasteiger charge is -2.57. The van der Waals surface area contributed by atoms with Crippen molar-refractivity contribution < 1.29 is 9.22 Å². The fourth-order valence-corrected chi connectivity index (χ4v) is 6.53. The Hall–Kier alpha value is -0.413. The normalized spacial score (nSPS) is 36.5. The van der Waals surface area contributed by atoms with E-state index >= 15 is 0 Å². The minimum atomic E-state index is -1.89. The summed E-state index contributed by atoms with van der Waals surface area (Å²) in [5, 5.41) is 0.190. The van der Waals surface area contributed by atoms with E-state index in [0.717, 1.165) is 6.42 Å². The first-order valence-electron chi connectivity index (χ1n) is 9.55. The Labute approximate surface area is 143 Å². The second-order valence-corrected chi connectivity index (χ2v) is 14.3. The smallest absolute Gasteiger partial charge is 0.193 e. The third-order valence-corrected chi connectivity index (χ3v) is 11.8. The molecule has 3 aliphatic rings. The molecule has 3 rings (SSSR count). The Kier molecular flexibility index (Phi) is 4.00. The van der Waals surface area contributed by atoms with E-state index in [4.69, 9.17) is 4.43 Å². The molecule has 2 fully saturated rings. The Morgan fingerprint density at radius 2 is 2.04 bits per heavy atom. The molecule has 23 heavy (non-hydrogen) atoms. The second kappa shape index (κ2) is 5.29. The molecule has 0 radical (unpaired) electrons. The van der Waals surface area contributed by atoms with E-state index in [1.54, 1.807) is 5.57 Å². The summed E-state index contributed by atoms with van der Waals surface area (Å²) in [7, 11) is -1.89. The van der Waals surface area contributed by atoms with E-state index < -0.39 is 8.32 Å². The number of rotatable bonds is 5. The van der Waals surface area contributed by atoms with Crippen molar-refractivity contribution in [1.29, 1.82) is 0 Å². The third-order valence-electron chi connectivity index (χ3n) is 7.26. The number of carbonyl (C=O) groups is 1. The Balaban J connectivity index is 1.96. The van der Waals surface area contributed by atoms with Crippen LogP contribution in [0.25, 0.3) is 0 Å². The Bertz CT molecular complexity index is 542. The van der Waals surface area contributed by atoms with Crippen LogP contribution >= 0.6 is 0 Å². The van der Waals surface area contributed by atoms with Crippen LogP contribution in [0.15, 0.2) is 11.6 Å². The van der Waals surface area contributed by atoms with Crippen LogP contribution in [0.4, 0.5) is 0 Å². The molecule has 0 aliphatic heterocycles. The molecule has 0 aromatic rings. The molecule has 0 bridgehead atoms. The number of allylic oxidation sites excluding steroid dienone is 1. The highest BCUT2D eigenvalue weighted by atomic mass is 28.4. The van der Waals surface area contributed by atoms with E-state index in [0.29, 0.717) is 18.1 Å². The zero-order chi connectivity index (χ0) is 17.1. The van der Waals surface area contributed by atoms with E-state index in [1.807, 2.05) is 0 Å². The van der Waals surface area contributed by atoms with Crippen LogP contribution in [0.5, 0.6) is 0 Å². The monoisotopic (exact) mass is 334 g/mol. The van der Waals surface area contributed by atoms with Crippen molar-refractivity contribution in [2.75, 3.05) is 0 Å². The maximum atomic E-state index is 12.8. The average molecular weight is 335 g/mol. The summed E-state index contributed by atoms with van der Waals surface area (Å²) in [5.41, 5.74) is 1.12. The lowest BCUT2D eigenvalue weighted by atomic mass is 9.54. The molecular weight excluding hydrogens is 300 g/mol. The first-order valence-corrected chi connectivity index (χ1v) is 12.5. The minimum absolute atomic E-state index is 0.175. The number of unbranched alkanes of at least 4 members (excludes halogenated alkanes) is 1. The van der Waals surface area contributed by atoms with Gasteiger partial charge < -0.3 is 4.43 Å². The van der Waals surface area contributed by atoms with E-state index in [2.05, 4.69) is 46.9 Å². The van der Waals surface area contributed by atoms with Crippen LogP contribution in [0.3, 0.4) is 0 Å². The number of hydrogen-bond acceptors (Lipinski definition) is 2. The molecule has 130 valence electrons. The second-order valence-electron chi connectivity index (χ2n) is 9.59. The van der Waals surface area contributed by atoms with Crippen LogP contribution in [0.1, 0.15) is 72.6 Å². The van der Waals surface area contributed by atoms with Gasteiger partial charge in [-0.15, -0.1) is 0 Å². The van der Waals surface area contributed by atoms with Crippen molar-refractivity contribution >= 4 is 14.1 Å². The topological polar surface area (TPSA) is 26.3 Å². The maximum Gasteiger partial charge on any atom is 0.193 e. The van der Waals surface area contributed by atoms with Crippen molar-refractivity contribution in [2.45, 2.75) is 96.4 Å². The lowest BCUT2D eigenvalue weighted by Crippen LogP contribution is -2.67. The molecule has 0 aromatic carbocycles. The molecule has 3 aliphatic carbocycles. The van der Waals surface area contributed by atoms with E-state index in [1.165, 1.54) is 32.1 Å². The van der Waals surface area contributed by atoms with E-state index in [-0.39, 0.29) is 16.1 Å². The maximum absolute atomic E-state index is 12.8. The summed E-state index contributed by atoms with van der Waals surface area (Å²) < 4.78 is 6.98. The van der Waals surface area contributed by atoms with Gasteiger partial charge in [0.05, 0.1) is 11.0 Å². The van der Waals surface area contributed by atoms with Crippen molar-refractivity contribution in [3.63, 3.8) is 0 Å². The van der Waals surface area contributed by atoms with Crippen LogP contribution in [-0.2, 0) is 9.22 Å². The SMILES string of the molecule is CCCCC1=C[C@@]2(O[Si](C)(C)C(C)(C)C)CC(=O)[C@]23CCC[C@H]13. The molecule has 0 heterocycles. The van der Waals surface area contributed by atoms with Crippen molar-refractivity contribution in [2.24, 2.45) is 11.3 Å². The van der Waals surface area contributed by atoms with Crippen molar-refractivity contribution in [1.82, 2.24) is 0 Å². The Morgan fingerprint density at radius 1 is 1.35 bits per heavy atom. The Morgan fingerprint density at radius 3 is 2.61 bits per heavy atom. The van der Waals surface area contributed by atoms with Gasteiger partial charge in [0.1, 0.15) is 5.78 Å².